The van der Waals surface area contributed by atoms with Crippen LogP contribution in [0.3, 0.4) is 0 Å². The average molecular weight is 376 g/mol. The molecule has 2 N–H and O–H groups in total. The van der Waals surface area contributed by atoms with Crippen LogP contribution in [0.5, 0.6) is 0 Å². The van der Waals surface area contributed by atoms with Gasteiger partial charge in [0.1, 0.15) is 0 Å². The highest BCUT2D eigenvalue weighted by atomic mass is 19.4. The molecule has 0 aliphatic heterocycles. The molecular weight excluding hydrogens is 357 g/mol. The van der Waals surface area contributed by atoms with Crippen molar-refractivity contribution in [2.75, 3.05) is 5.32 Å². The summed E-state index contributed by atoms with van der Waals surface area (Å²) in [4.78, 5) is 24.5. The van der Waals surface area contributed by atoms with Crippen LogP contribution in [0.1, 0.15) is 30.5 Å². The van der Waals surface area contributed by atoms with Crippen molar-refractivity contribution in [2.24, 2.45) is 11.8 Å². The Balaban J connectivity index is 1.52. The van der Waals surface area contributed by atoms with E-state index >= 15 is 0 Å². The van der Waals surface area contributed by atoms with Crippen LogP contribution in [0.4, 0.5) is 18.9 Å². The molecule has 0 spiro atoms. The predicted molar refractivity (Wildman–Crippen MR) is 94.7 cm³/mol. The Hall–Kier alpha value is -2.83. The zero-order valence-electron chi connectivity index (χ0n) is 14.6. The minimum absolute atomic E-state index is 0.169. The lowest BCUT2D eigenvalue weighted by molar-refractivity contribution is -0.137. The van der Waals surface area contributed by atoms with E-state index in [0.29, 0.717) is 6.42 Å². The van der Waals surface area contributed by atoms with Crippen LogP contribution < -0.4 is 10.6 Å². The van der Waals surface area contributed by atoms with Gasteiger partial charge in [0, 0.05) is 5.69 Å². The van der Waals surface area contributed by atoms with E-state index < -0.39 is 23.6 Å². The van der Waals surface area contributed by atoms with Crippen LogP contribution in [-0.4, -0.2) is 11.8 Å². The van der Waals surface area contributed by atoms with Gasteiger partial charge in [0.2, 0.25) is 11.8 Å². The van der Waals surface area contributed by atoms with Crippen molar-refractivity contribution in [3.8, 4) is 0 Å². The van der Waals surface area contributed by atoms with Gasteiger partial charge >= 0.3 is 6.18 Å². The number of amides is 2. The molecule has 3 unspecified atom stereocenters. The summed E-state index contributed by atoms with van der Waals surface area (Å²) in [5.74, 6) is -1.43. The summed E-state index contributed by atoms with van der Waals surface area (Å²) in [7, 11) is 0. The van der Waals surface area contributed by atoms with E-state index in [1.54, 1.807) is 0 Å². The molecule has 0 saturated heterocycles. The smallest absolute Gasteiger partial charge is 0.349 e. The maximum Gasteiger partial charge on any atom is 0.416 e. The number of hydrogen-bond donors (Lipinski definition) is 2. The van der Waals surface area contributed by atoms with E-state index in [0.717, 1.165) is 17.7 Å². The molecule has 2 aromatic carbocycles. The van der Waals surface area contributed by atoms with E-state index in [9.17, 15) is 22.8 Å². The van der Waals surface area contributed by atoms with E-state index in [1.165, 1.54) is 12.1 Å². The predicted octanol–water partition coefficient (Wildman–Crippen LogP) is 4.16. The SMILES string of the molecule is CC(NC(=O)C1CC1C(=O)Nc1ccc(C(F)(F)F)cc1)c1ccccc1. The number of halogens is 3. The minimum atomic E-state index is -4.42. The normalized spacial score (nSPS) is 19.9. The van der Waals surface area contributed by atoms with Crippen LogP contribution in [0.2, 0.25) is 0 Å². The van der Waals surface area contributed by atoms with Gasteiger partial charge in [-0.15, -0.1) is 0 Å². The fourth-order valence-electron chi connectivity index (χ4n) is 2.90. The van der Waals surface area contributed by atoms with Gasteiger partial charge in [-0.1, -0.05) is 30.3 Å². The number of carbonyl (C=O) groups excluding carboxylic acids is 2. The van der Waals surface area contributed by atoms with E-state index in [1.807, 2.05) is 37.3 Å². The fourth-order valence-corrected chi connectivity index (χ4v) is 2.90. The lowest BCUT2D eigenvalue weighted by Crippen LogP contribution is -2.29. The van der Waals surface area contributed by atoms with Crippen LogP contribution in [-0.2, 0) is 15.8 Å². The maximum absolute atomic E-state index is 12.6. The molecule has 1 aliphatic carbocycles. The highest BCUT2D eigenvalue weighted by molar-refractivity contribution is 5.99. The zero-order chi connectivity index (χ0) is 19.6. The van der Waals surface area contributed by atoms with Gasteiger partial charge in [-0.2, -0.15) is 13.2 Å². The summed E-state index contributed by atoms with van der Waals surface area (Å²) in [6.45, 7) is 1.87. The first kappa shape index (κ1) is 18.9. The molecule has 0 aromatic heterocycles. The molecule has 4 nitrogen and oxygen atoms in total. The third-order valence-corrected chi connectivity index (χ3v) is 4.60. The maximum atomic E-state index is 12.6. The summed E-state index contributed by atoms with van der Waals surface area (Å²) in [5, 5.41) is 5.45. The first-order valence-electron chi connectivity index (χ1n) is 8.59. The lowest BCUT2D eigenvalue weighted by Gasteiger charge is -2.14. The fraction of sp³-hybridized carbons (Fsp3) is 0.300. The second-order valence-corrected chi connectivity index (χ2v) is 6.65. The first-order valence-corrected chi connectivity index (χ1v) is 8.59. The molecule has 142 valence electrons. The largest absolute Gasteiger partial charge is 0.416 e. The Labute approximate surface area is 154 Å². The molecule has 1 aliphatic rings. The van der Waals surface area contributed by atoms with Crippen LogP contribution >= 0.6 is 0 Å². The van der Waals surface area contributed by atoms with E-state index in [-0.39, 0.29) is 23.5 Å². The van der Waals surface area contributed by atoms with Crippen molar-refractivity contribution < 1.29 is 22.8 Å². The Morgan fingerprint density at radius 3 is 2.15 bits per heavy atom. The number of alkyl halides is 3. The zero-order valence-corrected chi connectivity index (χ0v) is 14.6. The summed E-state index contributed by atoms with van der Waals surface area (Å²) in [6.07, 6.45) is -3.99. The Kier molecular flexibility index (Phi) is 5.21. The second kappa shape index (κ2) is 7.42. The Morgan fingerprint density at radius 2 is 1.56 bits per heavy atom. The molecule has 1 fully saturated rings. The number of benzene rings is 2. The summed E-state index contributed by atoms with van der Waals surface area (Å²) in [6, 6.07) is 13.5. The van der Waals surface area contributed by atoms with E-state index in [4.69, 9.17) is 0 Å². The number of anilines is 1. The molecule has 3 rings (SSSR count). The van der Waals surface area contributed by atoms with Crippen molar-refractivity contribution in [2.45, 2.75) is 25.6 Å². The van der Waals surface area contributed by atoms with Gasteiger partial charge < -0.3 is 10.6 Å². The third kappa shape index (κ3) is 4.67. The summed E-state index contributed by atoms with van der Waals surface area (Å²) < 4.78 is 37.7. The van der Waals surface area contributed by atoms with Crippen LogP contribution in [0.15, 0.2) is 54.6 Å². The monoisotopic (exact) mass is 376 g/mol. The highest BCUT2D eigenvalue weighted by Crippen LogP contribution is 2.40. The number of rotatable bonds is 5. The van der Waals surface area contributed by atoms with Crippen molar-refractivity contribution in [1.82, 2.24) is 5.32 Å². The molecule has 1 saturated carbocycles. The van der Waals surface area contributed by atoms with Gasteiger partial charge in [-0.3, -0.25) is 9.59 Å². The van der Waals surface area contributed by atoms with Gasteiger partial charge in [-0.25, -0.2) is 0 Å². The molecule has 0 heterocycles. The Bertz CT molecular complexity index is 819. The Morgan fingerprint density at radius 1 is 0.963 bits per heavy atom. The highest BCUT2D eigenvalue weighted by Gasteiger charge is 2.48. The van der Waals surface area contributed by atoms with Crippen molar-refractivity contribution >= 4 is 17.5 Å². The average Bonchev–Trinajstić information content (AvgIpc) is 3.43. The standard InChI is InChI=1S/C20H19F3N2O2/c1-12(13-5-3-2-4-6-13)24-18(26)16-11-17(16)19(27)25-15-9-7-14(8-10-15)20(21,22)23/h2-10,12,16-17H,11H2,1H3,(H,24,26)(H,25,27). The van der Waals surface area contributed by atoms with Crippen molar-refractivity contribution in [3.05, 3.63) is 65.7 Å². The van der Waals surface area contributed by atoms with Gasteiger partial charge in [-0.05, 0) is 43.2 Å². The first-order chi connectivity index (χ1) is 12.8. The summed E-state index contributed by atoms with van der Waals surface area (Å²) in [5.41, 5.74) is 0.466. The van der Waals surface area contributed by atoms with Crippen molar-refractivity contribution in [1.29, 1.82) is 0 Å². The van der Waals surface area contributed by atoms with Crippen LogP contribution in [0.25, 0.3) is 0 Å². The number of nitrogens with one attached hydrogen (secondary N) is 2. The van der Waals surface area contributed by atoms with Gasteiger partial charge in [0.15, 0.2) is 0 Å². The molecule has 3 atom stereocenters. The molecule has 0 radical (unpaired) electrons. The molecular formula is C20H19F3N2O2. The minimum Gasteiger partial charge on any atom is -0.349 e. The van der Waals surface area contributed by atoms with Crippen molar-refractivity contribution in [3.63, 3.8) is 0 Å². The molecule has 7 heteroatoms. The number of hydrogen-bond acceptors (Lipinski definition) is 2. The molecule has 2 aromatic rings. The number of carbonyl (C=O) groups is 2. The van der Waals surface area contributed by atoms with Crippen LogP contribution in [0, 0.1) is 11.8 Å². The van der Waals surface area contributed by atoms with Gasteiger partial charge in [0.25, 0.3) is 0 Å². The molecule has 0 bridgehead atoms. The topological polar surface area (TPSA) is 58.2 Å². The molecule has 2 amide bonds. The quantitative estimate of drug-likeness (QED) is 0.823. The third-order valence-electron chi connectivity index (χ3n) is 4.60. The summed E-state index contributed by atoms with van der Waals surface area (Å²) >= 11 is 0. The van der Waals surface area contributed by atoms with Gasteiger partial charge in [0.05, 0.1) is 23.4 Å². The lowest BCUT2D eigenvalue weighted by atomic mass is 10.1. The molecule has 27 heavy (non-hydrogen) atoms. The second-order valence-electron chi connectivity index (χ2n) is 6.65. The van der Waals surface area contributed by atoms with E-state index in [2.05, 4.69) is 10.6 Å².